The number of thiophene rings is 1. The van der Waals surface area contributed by atoms with Crippen LogP contribution in [0.2, 0.25) is 0 Å². The third-order valence-electron chi connectivity index (χ3n) is 5.31. The highest BCUT2D eigenvalue weighted by molar-refractivity contribution is 7.16. The third kappa shape index (κ3) is 3.48. The molecule has 1 aliphatic rings. The lowest BCUT2D eigenvalue weighted by molar-refractivity contribution is 0.103. The summed E-state index contributed by atoms with van der Waals surface area (Å²) in [6.07, 6.45) is 4.01. The fourth-order valence-corrected chi connectivity index (χ4v) is 5.06. The summed E-state index contributed by atoms with van der Waals surface area (Å²) in [4.78, 5) is 15.6. The topological polar surface area (TPSA) is 55.8 Å². The van der Waals surface area contributed by atoms with Gasteiger partial charge in [-0.05, 0) is 54.1 Å². The summed E-state index contributed by atoms with van der Waals surface area (Å²) in [6.45, 7) is 2.12. The van der Waals surface area contributed by atoms with Gasteiger partial charge in [0.15, 0.2) is 5.78 Å². The number of carbonyl (C=O) groups excluding carboxylic acids is 1. The Morgan fingerprint density at radius 2 is 1.72 bits per heavy atom. The first-order chi connectivity index (χ1) is 14.0. The number of rotatable bonds is 5. The fraction of sp³-hybridized carbons (Fsp3) is 0.208. The highest BCUT2D eigenvalue weighted by Gasteiger charge is 2.31. The number of fused-ring (bicyclic) bond motifs is 1. The van der Waals surface area contributed by atoms with Crippen LogP contribution in [-0.2, 0) is 4.74 Å². The molecule has 1 aliphatic carbocycles. The Kier molecular flexibility index (Phi) is 5.26. The summed E-state index contributed by atoms with van der Waals surface area (Å²) >= 11 is 1.64. The highest BCUT2D eigenvalue weighted by atomic mass is 32.1. The Morgan fingerprint density at radius 1 is 1.03 bits per heavy atom. The number of ether oxygens (including phenoxy) is 2. The normalized spacial score (nSPS) is 17.8. The van der Waals surface area contributed by atoms with Crippen molar-refractivity contribution >= 4 is 23.2 Å². The number of ketones is 1. The van der Waals surface area contributed by atoms with Gasteiger partial charge in [-0.15, -0.1) is 11.3 Å². The number of benzene rings is 2. The van der Waals surface area contributed by atoms with Crippen LogP contribution in [0.4, 0.5) is 0 Å². The summed E-state index contributed by atoms with van der Waals surface area (Å²) < 4.78 is 10.9. The highest BCUT2D eigenvalue weighted by Crippen LogP contribution is 2.45. The largest absolute Gasteiger partial charge is 0.508 e. The molecular formula is C24H22O4S. The lowest BCUT2D eigenvalue weighted by atomic mass is 9.88. The van der Waals surface area contributed by atoms with E-state index in [1.807, 2.05) is 36.4 Å². The third-order valence-corrected chi connectivity index (χ3v) is 6.77. The minimum Gasteiger partial charge on any atom is -0.508 e. The number of methoxy groups -OCH3 is 2. The van der Waals surface area contributed by atoms with Gasteiger partial charge in [0.2, 0.25) is 0 Å². The van der Waals surface area contributed by atoms with Gasteiger partial charge in [-0.1, -0.05) is 19.1 Å². The molecule has 4 rings (SSSR count). The van der Waals surface area contributed by atoms with Crippen molar-refractivity contribution in [1.82, 2.24) is 0 Å². The molecule has 0 aliphatic heterocycles. The van der Waals surface area contributed by atoms with Crippen molar-refractivity contribution < 1.29 is 19.4 Å². The Bertz CT molecular complexity index is 1060. The molecule has 0 fully saturated rings. The molecule has 29 heavy (non-hydrogen) atoms. The molecule has 5 heteroatoms. The van der Waals surface area contributed by atoms with Crippen molar-refractivity contribution in [3.05, 3.63) is 76.2 Å². The lowest BCUT2D eigenvalue weighted by Crippen LogP contribution is -2.19. The molecule has 0 saturated heterocycles. The zero-order valence-electron chi connectivity index (χ0n) is 16.5. The van der Waals surface area contributed by atoms with Gasteiger partial charge in [0.05, 0.1) is 13.2 Å². The maximum Gasteiger partial charge on any atom is 0.195 e. The fourth-order valence-electron chi connectivity index (χ4n) is 3.68. The van der Waals surface area contributed by atoms with Crippen molar-refractivity contribution in [2.75, 3.05) is 14.2 Å². The SMILES string of the molecule is COc1ccc(-c2sc3c(c2C(=O)c2ccc(O)cc2)C=CC(OC)C3C)cc1. The van der Waals surface area contributed by atoms with Crippen LogP contribution < -0.4 is 4.74 Å². The van der Waals surface area contributed by atoms with Crippen LogP contribution in [0.1, 0.15) is 39.2 Å². The first-order valence-corrected chi connectivity index (χ1v) is 10.2. The first kappa shape index (κ1) is 19.4. The van der Waals surface area contributed by atoms with Crippen LogP contribution in [0.3, 0.4) is 0 Å². The quantitative estimate of drug-likeness (QED) is 0.568. The van der Waals surface area contributed by atoms with E-state index in [4.69, 9.17) is 9.47 Å². The second-order valence-corrected chi connectivity index (χ2v) is 8.09. The van der Waals surface area contributed by atoms with Crippen molar-refractivity contribution in [2.24, 2.45) is 0 Å². The Hall–Kier alpha value is -2.89. The summed E-state index contributed by atoms with van der Waals surface area (Å²) in [6, 6.07) is 14.2. The van der Waals surface area contributed by atoms with E-state index in [1.165, 1.54) is 0 Å². The number of carbonyl (C=O) groups is 1. The number of phenolic OH excluding ortho intramolecular Hbond substituents is 1. The van der Waals surface area contributed by atoms with E-state index in [2.05, 4.69) is 6.92 Å². The second-order valence-electron chi connectivity index (χ2n) is 7.04. The zero-order valence-corrected chi connectivity index (χ0v) is 17.3. The predicted octanol–water partition coefficient (Wildman–Crippen LogP) is 5.51. The molecule has 1 heterocycles. The molecule has 4 nitrogen and oxygen atoms in total. The average Bonchev–Trinajstić information content (AvgIpc) is 3.14. The van der Waals surface area contributed by atoms with Gasteiger partial charge in [0.25, 0.3) is 0 Å². The molecule has 2 aromatic carbocycles. The van der Waals surface area contributed by atoms with Crippen LogP contribution >= 0.6 is 11.3 Å². The van der Waals surface area contributed by atoms with Crippen molar-refractivity contribution in [3.8, 4) is 21.9 Å². The Morgan fingerprint density at radius 3 is 2.34 bits per heavy atom. The standard InChI is InChI=1S/C24H22O4S/c1-14-20(28-3)13-12-19-21(22(26)15-4-8-17(25)9-5-15)24(29-23(14)19)16-6-10-18(27-2)11-7-16/h4-14,20,25H,1-3H3. The van der Waals surface area contributed by atoms with Gasteiger partial charge in [-0.25, -0.2) is 0 Å². The van der Waals surface area contributed by atoms with E-state index in [1.54, 1.807) is 49.8 Å². The van der Waals surface area contributed by atoms with E-state index in [9.17, 15) is 9.90 Å². The molecule has 0 amide bonds. The monoisotopic (exact) mass is 406 g/mol. The molecule has 2 atom stereocenters. The van der Waals surface area contributed by atoms with Crippen LogP contribution in [0.25, 0.3) is 16.5 Å². The smallest absolute Gasteiger partial charge is 0.195 e. The van der Waals surface area contributed by atoms with Crippen LogP contribution in [-0.4, -0.2) is 31.2 Å². The summed E-state index contributed by atoms with van der Waals surface area (Å²) in [5.74, 6) is 1.01. The van der Waals surface area contributed by atoms with Gasteiger partial charge in [0.1, 0.15) is 11.5 Å². The van der Waals surface area contributed by atoms with Gasteiger partial charge >= 0.3 is 0 Å². The average molecular weight is 407 g/mol. The number of phenols is 1. The van der Waals surface area contributed by atoms with Crippen LogP contribution in [0, 0.1) is 0 Å². The van der Waals surface area contributed by atoms with Gasteiger partial charge in [-0.3, -0.25) is 4.79 Å². The summed E-state index contributed by atoms with van der Waals surface area (Å²) in [5.41, 5.74) is 3.17. The molecule has 0 radical (unpaired) electrons. The Labute approximate surface area is 174 Å². The minimum atomic E-state index is -0.0546. The van der Waals surface area contributed by atoms with Crippen molar-refractivity contribution in [2.45, 2.75) is 18.9 Å². The maximum absolute atomic E-state index is 13.5. The van der Waals surface area contributed by atoms with Gasteiger partial charge < -0.3 is 14.6 Å². The first-order valence-electron chi connectivity index (χ1n) is 9.39. The number of hydrogen-bond donors (Lipinski definition) is 1. The molecule has 0 saturated carbocycles. The van der Waals surface area contributed by atoms with Gasteiger partial charge in [0, 0.05) is 39.5 Å². The number of aromatic hydroxyl groups is 1. The molecule has 1 aromatic heterocycles. The van der Waals surface area contributed by atoms with E-state index in [-0.39, 0.29) is 23.6 Å². The lowest BCUT2D eigenvalue weighted by Gasteiger charge is -2.23. The zero-order chi connectivity index (χ0) is 20.5. The Balaban J connectivity index is 1.89. The molecule has 3 aromatic rings. The van der Waals surface area contributed by atoms with Crippen LogP contribution in [0.15, 0.2) is 54.6 Å². The van der Waals surface area contributed by atoms with Crippen molar-refractivity contribution in [3.63, 3.8) is 0 Å². The second kappa shape index (κ2) is 7.85. The molecule has 0 spiro atoms. The van der Waals surface area contributed by atoms with Gasteiger partial charge in [-0.2, -0.15) is 0 Å². The molecule has 0 bridgehead atoms. The van der Waals surface area contributed by atoms with E-state index in [0.29, 0.717) is 11.1 Å². The molecule has 1 N–H and O–H groups in total. The predicted molar refractivity (Wildman–Crippen MR) is 116 cm³/mol. The molecule has 148 valence electrons. The van der Waals surface area contributed by atoms with Crippen molar-refractivity contribution in [1.29, 1.82) is 0 Å². The molecular weight excluding hydrogens is 384 g/mol. The maximum atomic E-state index is 13.5. The van der Waals surface area contributed by atoms with E-state index in [0.717, 1.165) is 26.6 Å². The minimum absolute atomic E-state index is 0.0125. The van der Waals surface area contributed by atoms with Crippen LogP contribution in [0.5, 0.6) is 11.5 Å². The number of hydrogen-bond acceptors (Lipinski definition) is 5. The van der Waals surface area contributed by atoms with E-state index >= 15 is 0 Å². The van der Waals surface area contributed by atoms with E-state index < -0.39 is 0 Å². The summed E-state index contributed by atoms with van der Waals surface area (Å²) in [5, 5.41) is 9.59. The molecule has 2 unspecified atom stereocenters. The summed E-state index contributed by atoms with van der Waals surface area (Å²) in [7, 11) is 3.34.